The van der Waals surface area contributed by atoms with Crippen LogP contribution in [0.3, 0.4) is 0 Å². The zero-order valence-electron chi connectivity index (χ0n) is 19.0. The Kier molecular flexibility index (Phi) is 6.64. The molecule has 0 amide bonds. The molecule has 1 aliphatic heterocycles. The van der Waals surface area contributed by atoms with Gasteiger partial charge in [0.2, 0.25) is 0 Å². The van der Waals surface area contributed by atoms with E-state index in [1.54, 1.807) is 30.3 Å². The summed E-state index contributed by atoms with van der Waals surface area (Å²) in [5, 5.41) is 15.3. The Hall–Kier alpha value is -2.84. The van der Waals surface area contributed by atoms with Crippen molar-refractivity contribution in [1.29, 1.82) is 0 Å². The van der Waals surface area contributed by atoms with Gasteiger partial charge in [-0.1, -0.05) is 12.1 Å². The third-order valence-corrected chi connectivity index (χ3v) is 7.17. The molecule has 7 nitrogen and oxygen atoms in total. The van der Waals surface area contributed by atoms with Gasteiger partial charge < -0.3 is 15.0 Å². The standard InChI is InChI=1S/C25H31FN6O/c1-33-24-11-9-22(32-17-28-29-30-32)14-20(24)15-27-23-10-6-19(16-31-12-2-3-13-31)25(23)18-4-7-21(26)8-5-18/h4-5,7-9,11,14,17,19,23,25,27H,2-3,6,10,12-13,15-16H2,1H3/t19-,23-,25-/m0/s1. The van der Waals surface area contributed by atoms with Crippen molar-refractivity contribution in [2.45, 2.75) is 44.2 Å². The van der Waals surface area contributed by atoms with Crippen LogP contribution in [0.25, 0.3) is 5.69 Å². The van der Waals surface area contributed by atoms with Crippen LogP contribution >= 0.6 is 0 Å². The fraction of sp³-hybridized carbons (Fsp3) is 0.480. The summed E-state index contributed by atoms with van der Waals surface area (Å²) in [6.07, 6.45) is 6.47. The number of rotatable bonds is 8. The van der Waals surface area contributed by atoms with Gasteiger partial charge in [0.25, 0.3) is 0 Å². The Balaban J connectivity index is 1.35. The van der Waals surface area contributed by atoms with E-state index in [1.807, 2.05) is 24.3 Å². The molecule has 1 aromatic heterocycles. The van der Waals surface area contributed by atoms with Gasteiger partial charge in [-0.25, -0.2) is 9.07 Å². The number of methoxy groups -OCH3 is 1. The van der Waals surface area contributed by atoms with E-state index in [4.69, 9.17) is 4.74 Å². The summed E-state index contributed by atoms with van der Waals surface area (Å²) in [6, 6.07) is 13.4. The van der Waals surface area contributed by atoms with Gasteiger partial charge >= 0.3 is 0 Å². The molecule has 8 heteroatoms. The lowest BCUT2D eigenvalue weighted by molar-refractivity contribution is 0.260. The number of hydrogen-bond donors (Lipinski definition) is 1. The number of nitrogens with one attached hydrogen (secondary N) is 1. The summed E-state index contributed by atoms with van der Waals surface area (Å²) in [6.45, 7) is 4.20. The van der Waals surface area contributed by atoms with E-state index in [9.17, 15) is 4.39 Å². The number of halogens is 1. The van der Waals surface area contributed by atoms with Gasteiger partial charge in [0.1, 0.15) is 17.9 Å². The molecule has 5 rings (SSSR count). The number of likely N-dealkylation sites (tertiary alicyclic amines) is 1. The van der Waals surface area contributed by atoms with Gasteiger partial charge in [-0.2, -0.15) is 0 Å². The highest BCUT2D eigenvalue weighted by molar-refractivity contribution is 5.43. The van der Waals surface area contributed by atoms with E-state index in [1.165, 1.54) is 37.9 Å². The van der Waals surface area contributed by atoms with Crippen molar-refractivity contribution in [3.63, 3.8) is 0 Å². The molecule has 1 saturated heterocycles. The summed E-state index contributed by atoms with van der Waals surface area (Å²) < 4.78 is 20.9. The molecule has 2 heterocycles. The molecule has 0 unspecified atom stereocenters. The van der Waals surface area contributed by atoms with Crippen LogP contribution in [0, 0.1) is 11.7 Å². The third kappa shape index (κ3) is 4.91. The molecule has 1 saturated carbocycles. The zero-order chi connectivity index (χ0) is 22.6. The first-order valence-electron chi connectivity index (χ1n) is 11.8. The Morgan fingerprint density at radius 2 is 1.91 bits per heavy atom. The Labute approximate surface area is 193 Å². The first-order valence-corrected chi connectivity index (χ1v) is 11.8. The lowest BCUT2D eigenvalue weighted by Crippen LogP contribution is -2.35. The minimum atomic E-state index is -0.179. The maximum atomic E-state index is 13.6. The molecular weight excluding hydrogens is 419 g/mol. The number of nitrogens with zero attached hydrogens (tertiary/aromatic N) is 5. The fourth-order valence-corrected chi connectivity index (χ4v) is 5.57. The molecule has 0 bridgehead atoms. The predicted octanol–water partition coefficient (Wildman–Crippen LogP) is 3.56. The molecule has 174 valence electrons. The monoisotopic (exact) mass is 450 g/mol. The Morgan fingerprint density at radius 3 is 2.64 bits per heavy atom. The highest BCUT2D eigenvalue weighted by Crippen LogP contribution is 2.41. The molecule has 2 fully saturated rings. The van der Waals surface area contributed by atoms with Gasteiger partial charge in [0, 0.05) is 30.6 Å². The lowest BCUT2D eigenvalue weighted by atomic mass is 9.86. The minimum absolute atomic E-state index is 0.179. The van der Waals surface area contributed by atoms with E-state index < -0.39 is 0 Å². The van der Waals surface area contributed by atoms with Crippen LogP contribution in [-0.4, -0.2) is 57.9 Å². The molecule has 3 aromatic rings. The van der Waals surface area contributed by atoms with Crippen molar-refractivity contribution < 1.29 is 9.13 Å². The van der Waals surface area contributed by atoms with Gasteiger partial charge in [-0.15, -0.1) is 5.10 Å². The molecule has 3 atom stereocenters. The average Bonchev–Trinajstić information content (AvgIpc) is 3.61. The fourth-order valence-electron chi connectivity index (χ4n) is 5.57. The maximum Gasteiger partial charge on any atom is 0.143 e. The molecule has 2 aromatic carbocycles. The van der Waals surface area contributed by atoms with Gasteiger partial charge in [0.05, 0.1) is 12.8 Å². The van der Waals surface area contributed by atoms with Crippen molar-refractivity contribution in [2.24, 2.45) is 5.92 Å². The van der Waals surface area contributed by atoms with Crippen LogP contribution in [0.4, 0.5) is 4.39 Å². The first-order chi connectivity index (χ1) is 16.2. The number of ether oxygens (including phenoxy) is 1. The molecule has 0 spiro atoms. The van der Waals surface area contributed by atoms with E-state index in [0.29, 0.717) is 24.4 Å². The molecule has 1 aliphatic carbocycles. The van der Waals surface area contributed by atoms with Crippen LogP contribution in [-0.2, 0) is 6.54 Å². The van der Waals surface area contributed by atoms with Crippen LogP contribution in [0.1, 0.15) is 42.7 Å². The van der Waals surface area contributed by atoms with E-state index >= 15 is 0 Å². The average molecular weight is 451 g/mol. The van der Waals surface area contributed by atoms with E-state index in [2.05, 4.69) is 31.8 Å². The third-order valence-electron chi connectivity index (χ3n) is 7.17. The lowest BCUT2D eigenvalue weighted by Gasteiger charge is -2.29. The summed E-state index contributed by atoms with van der Waals surface area (Å²) in [7, 11) is 1.69. The largest absolute Gasteiger partial charge is 0.496 e. The Bertz CT molecular complexity index is 1040. The second-order valence-electron chi connectivity index (χ2n) is 9.16. The predicted molar refractivity (Wildman–Crippen MR) is 124 cm³/mol. The van der Waals surface area contributed by atoms with Crippen molar-refractivity contribution >= 4 is 0 Å². The quantitative estimate of drug-likeness (QED) is 0.566. The molecule has 33 heavy (non-hydrogen) atoms. The molecular formula is C25H31FN6O. The van der Waals surface area contributed by atoms with Crippen molar-refractivity contribution in [1.82, 2.24) is 30.4 Å². The highest BCUT2D eigenvalue weighted by atomic mass is 19.1. The van der Waals surface area contributed by atoms with E-state index in [-0.39, 0.29) is 5.82 Å². The number of benzene rings is 2. The van der Waals surface area contributed by atoms with Crippen LogP contribution < -0.4 is 10.1 Å². The number of tetrazole rings is 1. The zero-order valence-corrected chi connectivity index (χ0v) is 19.0. The number of hydrogen-bond acceptors (Lipinski definition) is 6. The number of aromatic nitrogens is 4. The first kappa shape index (κ1) is 22.0. The minimum Gasteiger partial charge on any atom is -0.496 e. The Morgan fingerprint density at radius 1 is 1.09 bits per heavy atom. The summed E-state index contributed by atoms with van der Waals surface area (Å²) in [5.74, 6) is 1.59. The van der Waals surface area contributed by atoms with Crippen molar-refractivity contribution in [3.8, 4) is 11.4 Å². The van der Waals surface area contributed by atoms with E-state index in [0.717, 1.165) is 30.0 Å². The van der Waals surface area contributed by atoms with Gasteiger partial charge in [-0.3, -0.25) is 0 Å². The second kappa shape index (κ2) is 9.97. The SMILES string of the molecule is COc1ccc(-n2cnnn2)cc1CN[C@H]1CC[C@@H](CN2CCCC2)[C@@H]1c1ccc(F)cc1. The summed E-state index contributed by atoms with van der Waals surface area (Å²) in [4.78, 5) is 2.60. The molecule has 2 aliphatic rings. The second-order valence-corrected chi connectivity index (χ2v) is 9.16. The van der Waals surface area contributed by atoms with Crippen molar-refractivity contribution in [2.75, 3.05) is 26.7 Å². The van der Waals surface area contributed by atoms with Crippen LogP contribution in [0.5, 0.6) is 5.75 Å². The summed E-state index contributed by atoms with van der Waals surface area (Å²) in [5.41, 5.74) is 3.18. The van der Waals surface area contributed by atoms with Gasteiger partial charge in [0.15, 0.2) is 0 Å². The normalized spacial score (nSPS) is 23.3. The smallest absolute Gasteiger partial charge is 0.143 e. The highest BCUT2D eigenvalue weighted by Gasteiger charge is 2.38. The molecule has 1 N–H and O–H groups in total. The van der Waals surface area contributed by atoms with Crippen LogP contribution in [0.15, 0.2) is 48.8 Å². The van der Waals surface area contributed by atoms with Crippen LogP contribution in [0.2, 0.25) is 0 Å². The topological polar surface area (TPSA) is 68.1 Å². The van der Waals surface area contributed by atoms with Crippen molar-refractivity contribution in [3.05, 3.63) is 65.7 Å². The summed E-state index contributed by atoms with van der Waals surface area (Å²) >= 11 is 0. The van der Waals surface area contributed by atoms with Gasteiger partial charge in [-0.05, 0) is 91.0 Å². The maximum absolute atomic E-state index is 13.6. The molecule has 0 radical (unpaired) electrons.